The number of hydrogen-bond acceptors (Lipinski definition) is 6. The molecule has 8 nitrogen and oxygen atoms in total. The van der Waals surface area contributed by atoms with E-state index in [-0.39, 0.29) is 17.5 Å². The summed E-state index contributed by atoms with van der Waals surface area (Å²) in [6.07, 6.45) is 9.32. The van der Waals surface area contributed by atoms with E-state index in [4.69, 9.17) is 18.9 Å². The Morgan fingerprint density at radius 2 is 1.55 bits per heavy atom. The number of aliphatic carboxylic acids is 1. The second kappa shape index (κ2) is 18.1. The van der Waals surface area contributed by atoms with Crippen LogP contribution in [0.1, 0.15) is 85.0 Å². The Morgan fingerprint density at radius 1 is 1.00 bits per heavy atom. The van der Waals surface area contributed by atoms with Gasteiger partial charge in [0, 0.05) is 6.61 Å². The minimum absolute atomic E-state index is 0. The molecule has 0 aromatic rings. The second-order valence-corrected chi connectivity index (χ2v) is 10.6. The summed E-state index contributed by atoms with van der Waals surface area (Å²) in [6.45, 7) is 8.31. The Kier molecular flexibility index (Phi) is 19.2. The normalized spacial score (nSPS) is 14.2. The molecule has 2 atom stereocenters. The molecule has 188 valence electrons. The van der Waals surface area contributed by atoms with E-state index in [1.165, 1.54) is 25.7 Å². The molecule has 0 saturated carbocycles. The van der Waals surface area contributed by atoms with Gasteiger partial charge in [-0.15, -0.1) is 0 Å². The molecule has 0 aliphatic rings. The molecule has 0 aromatic carbocycles. The van der Waals surface area contributed by atoms with Crippen molar-refractivity contribution in [3.8, 4) is 0 Å². The quantitative estimate of drug-likeness (QED) is 0.147. The molecule has 0 saturated heterocycles. The van der Waals surface area contributed by atoms with E-state index in [1.807, 2.05) is 21.1 Å². The Balaban J connectivity index is 0. The number of carboxylic acids is 1. The fraction of sp³-hybridized carbons (Fsp3) is 0.955. The van der Waals surface area contributed by atoms with E-state index in [9.17, 15) is 9.69 Å². The number of rotatable bonds is 20. The minimum Gasteiger partial charge on any atom is -0.870 e. The van der Waals surface area contributed by atoms with Crippen molar-refractivity contribution < 1.29 is 38.5 Å². The highest BCUT2D eigenvalue weighted by Crippen LogP contribution is 2.36. The van der Waals surface area contributed by atoms with Crippen LogP contribution in [0.2, 0.25) is 0 Å². The zero-order chi connectivity index (χ0) is 23.0. The molecule has 3 N–H and O–H groups in total. The monoisotopic (exact) mass is 469 g/mol. The Morgan fingerprint density at radius 3 is 2.06 bits per heavy atom. The van der Waals surface area contributed by atoms with Crippen LogP contribution in [-0.2, 0) is 18.6 Å². The molecule has 0 spiro atoms. The van der Waals surface area contributed by atoms with Gasteiger partial charge in [0.2, 0.25) is 0 Å². The minimum atomic E-state index is -2.04. The first-order chi connectivity index (χ1) is 13.9. The highest BCUT2D eigenvalue weighted by molar-refractivity contribution is 7.40. The van der Waals surface area contributed by atoms with Crippen LogP contribution < -0.4 is 0 Å². The largest absolute Gasteiger partial charge is 0.870 e. The molecule has 0 bridgehead atoms. The Bertz CT molecular complexity index is 444. The van der Waals surface area contributed by atoms with Gasteiger partial charge >= 0.3 is 14.6 Å². The lowest BCUT2D eigenvalue weighted by Crippen LogP contribution is -2.42. The maximum Gasteiger partial charge on any atom is 0.330 e. The van der Waals surface area contributed by atoms with Gasteiger partial charge in [0.25, 0.3) is 0 Å². The number of ether oxygens (including phenoxy) is 1. The molecular weight excluding hydrogens is 421 g/mol. The predicted octanol–water partition coefficient (Wildman–Crippen LogP) is 4.94. The SMILES string of the molecule is CCCCC(C)(C)OCCCCCCCCOP(O)O[C@H](CC(=O)O)C[N+](C)(C)C.[OH-]. The maximum atomic E-state index is 11.0. The summed E-state index contributed by atoms with van der Waals surface area (Å²) in [5.74, 6) is -0.938. The fourth-order valence-corrected chi connectivity index (χ4v) is 3.92. The average molecular weight is 470 g/mol. The highest BCUT2D eigenvalue weighted by atomic mass is 31.2. The van der Waals surface area contributed by atoms with Gasteiger partial charge in [0.1, 0.15) is 12.6 Å². The Labute approximate surface area is 191 Å². The Hall–Kier alpha value is -0.340. The van der Waals surface area contributed by atoms with E-state index in [0.717, 1.165) is 38.7 Å². The fourth-order valence-electron chi connectivity index (χ4n) is 3.18. The van der Waals surface area contributed by atoms with Crippen molar-refractivity contribution in [3.05, 3.63) is 0 Å². The lowest BCUT2D eigenvalue weighted by molar-refractivity contribution is -0.873. The summed E-state index contributed by atoms with van der Waals surface area (Å²) in [4.78, 5) is 20.9. The predicted molar refractivity (Wildman–Crippen MR) is 124 cm³/mol. The van der Waals surface area contributed by atoms with Crippen LogP contribution in [0.5, 0.6) is 0 Å². The number of unbranched alkanes of at least 4 members (excludes halogenated alkanes) is 6. The molecule has 9 heteroatoms. The topological polar surface area (TPSA) is 115 Å². The molecule has 0 aliphatic heterocycles. The summed E-state index contributed by atoms with van der Waals surface area (Å²) in [5.41, 5.74) is -0.00651. The van der Waals surface area contributed by atoms with Gasteiger partial charge in [-0.3, -0.25) is 4.79 Å². The van der Waals surface area contributed by atoms with Gasteiger partial charge < -0.3 is 33.7 Å². The molecule has 0 rings (SSSR count). The van der Waals surface area contributed by atoms with Crippen molar-refractivity contribution in [2.75, 3.05) is 40.9 Å². The molecule has 0 aromatic heterocycles. The number of carbonyl (C=O) groups is 1. The molecule has 0 aliphatic carbocycles. The number of carboxylic acid groups (broad SMARTS) is 1. The van der Waals surface area contributed by atoms with E-state index < -0.39 is 20.7 Å². The van der Waals surface area contributed by atoms with Gasteiger partial charge in [-0.1, -0.05) is 45.4 Å². The standard InChI is InChI=1S/C22H46NO6P.H2O/c1-7-8-15-22(2,3)27-16-13-11-9-10-12-14-17-28-30(26)29-20(18-21(24)25)19-23(4,5)6;/h20,26H,7-19H2,1-6H3;1H2/t20-,30?;/m1./s1. The van der Waals surface area contributed by atoms with Crippen molar-refractivity contribution in [1.82, 2.24) is 0 Å². The summed E-state index contributed by atoms with van der Waals surface area (Å²) in [5, 5.41) is 9.01. The van der Waals surface area contributed by atoms with E-state index in [1.54, 1.807) is 0 Å². The third-order valence-corrected chi connectivity index (χ3v) is 5.64. The van der Waals surface area contributed by atoms with Crippen molar-refractivity contribution >= 4 is 14.6 Å². The lowest BCUT2D eigenvalue weighted by Gasteiger charge is -2.29. The lowest BCUT2D eigenvalue weighted by atomic mass is 10.0. The summed E-state index contributed by atoms with van der Waals surface area (Å²) in [7, 11) is 3.83. The van der Waals surface area contributed by atoms with Crippen LogP contribution in [0.4, 0.5) is 0 Å². The molecule has 0 radical (unpaired) electrons. The van der Waals surface area contributed by atoms with E-state index >= 15 is 0 Å². The average Bonchev–Trinajstić information content (AvgIpc) is 2.59. The van der Waals surface area contributed by atoms with Gasteiger partial charge in [-0.05, 0) is 33.1 Å². The number of hydrogen-bond donors (Lipinski definition) is 2. The smallest absolute Gasteiger partial charge is 0.330 e. The zero-order valence-electron chi connectivity index (χ0n) is 20.6. The van der Waals surface area contributed by atoms with Gasteiger partial charge in [-0.2, -0.15) is 0 Å². The zero-order valence-corrected chi connectivity index (χ0v) is 21.5. The third-order valence-electron chi connectivity index (χ3n) is 4.76. The summed E-state index contributed by atoms with van der Waals surface area (Å²) >= 11 is 0. The summed E-state index contributed by atoms with van der Waals surface area (Å²) < 4.78 is 17.4. The number of likely N-dealkylation sites (N-methyl/N-ethyl adjacent to an activating group) is 1. The second-order valence-electron chi connectivity index (χ2n) is 9.70. The van der Waals surface area contributed by atoms with Gasteiger partial charge in [0.15, 0.2) is 0 Å². The number of quaternary nitrogens is 1. The molecular formula is C22H48NO7P. The van der Waals surface area contributed by atoms with Gasteiger partial charge in [-0.25, -0.2) is 0 Å². The van der Waals surface area contributed by atoms with Crippen LogP contribution in [0, 0.1) is 0 Å². The first-order valence-electron chi connectivity index (χ1n) is 11.4. The molecule has 0 fully saturated rings. The van der Waals surface area contributed by atoms with E-state index in [2.05, 4.69) is 20.8 Å². The first kappa shape index (κ1) is 32.8. The van der Waals surface area contributed by atoms with Crippen molar-refractivity contribution in [2.45, 2.75) is 96.7 Å². The maximum absolute atomic E-state index is 11.0. The molecule has 0 amide bonds. The third kappa shape index (κ3) is 22.6. The van der Waals surface area contributed by atoms with Crippen molar-refractivity contribution in [2.24, 2.45) is 0 Å². The summed E-state index contributed by atoms with van der Waals surface area (Å²) in [6, 6.07) is 0. The van der Waals surface area contributed by atoms with Crippen molar-refractivity contribution in [1.29, 1.82) is 0 Å². The van der Waals surface area contributed by atoms with Crippen LogP contribution in [0.25, 0.3) is 0 Å². The van der Waals surface area contributed by atoms with Crippen LogP contribution in [-0.4, -0.2) is 78.5 Å². The van der Waals surface area contributed by atoms with Crippen molar-refractivity contribution in [3.63, 3.8) is 0 Å². The number of nitrogens with zero attached hydrogens (tertiary/aromatic N) is 1. The first-order valence-corrected chi connectivity index (χ1v) is 12.5. The highest BCUT2D eigenvalue weighted by Gasteiger charge is 2.25. The molecule has 1 unspecified atom stereocenters. The molecule has 0 heterocycles. The van der Waals surface area contributed by atoms with Crippen LogP contribution in [0.3, 0.4) is 0 Å². The van der Waals surface area contributed by atoms with Crippen LogP contribution in [0.15, 0.2) is 0 Å². The van der Waals surface area contributed by atoms with Gasteiger partial charge in [0.05, 0.1) is 39.8 Å². The molecule has 31 heavy (non-hydrogen) atoms. The van der Waals surface area contributed by atoms with Crippen LogP contribution >= 0.6 is 8.60 Å². The van der Waals surface area contributed by atoms with E-state index in [0.29, 0.717) is 17.6 Å².